The first-order chi connectivity index (χ1) is 20.1. The normalized spacial score (nSPS) is 14.6. The summed E-state index contributed by atoms with van der Waals surface area (Å²) in [5, 5.41) is 15.7. The van der Waals surface area contributed by atoms with Gasteiger partial charge in [-0.2, -0.15) is 10.4 Å². The average Bonchev–Trinajstić information content (AvgIpc) is 3.47. The molecule has 1 unspecified atom stereocenters. The zero-order valence-electron chi connectivity index (χ0n) is 21.9. The lowest BCUT2D eigenvalue weighted by Crippen LogP contribution is -2.16. The minimum atomic E-state index is -0.485. The predicted molar refractivity (Wildman–Crippen MR) is 160 cm³/mol. The SMILES string of the molecule is N#CC1=C(N)OC(c2ccc(Cl)cc2)=CC1c1cn(-c2ccccc2)nc1-c1ccc(OCc2ccccc2)cc1. The first-order valence-electron chi connectivity index (χ1n) is 13.1. The van der Waals surface area contributed by atoms with Crippen molar-refractivity contribution in [2.45, 2.75) is 12.5 Å². The molecule has 4 aromatic carbocycles. The van der Waals surface area contributed by atoms with Gasteiger partial charge in [0, 0.05) is 27.9 Å². The molecule has 1 aliphatic rings. The van der Waals surface area contributed by atoms with Crippen molar-refractivity contribution in [2.75, 3.05) is 0 Å². The second-order valence-electron chi connectivity index (χ2n) is 9.52. The molecule has 0 saturated heterocycles. The van der Waals surface area contributed by atoms with Crippen molar-refractivity contribution in [2.24, 2.45) is 5.73 Å². The second kappa shape index (κ2) is 11.5. The highest BCUT2D eigenvalue weighted by Gasteiger charge is 2.30. The van der Waals surface area contributed by atoms with E-state index < -0.39 is 5.92 Å². The molecular formula is C34H25ClN4O2. The number of rotatable bonds is 7. The van der Waals surface area contributed by atoms with Gasteiger partial charge < -0.3 is 15.2 Å². The molecular weight excluding hydrogens is 532 g/mol. The van der Waals surface area contributed by atoms with Crippen LogP contribution in [-0.4, -0.2) is 9.78 Å². The van der Waals surface area contributed by atoms with Gasteiger partial charge in [0.25, 0.3) is 0 Å². The summed E-state index contributed by atoms with van der Waals surface area (Å²) >= 11 is 6.10. The van der Waals surface area contributed by atoms with Gasteiger partial charge in [0.1, 0.15) is 29.8 Å². The standard InChI is InChI=1S/C34H25ClN4O2/c35-26-15-11-24(12-16-26)32-19-29(30(20-36)34(37)41-32)31-21-39(27-9-5-2-6-10-27)38-33(31)25-13-17-28(18-14-25)40-22-23-7-3-1-4-8-23/h1-19,21,29H,22,37H2. The molecule has 0 fully saturated rings. The van der Waals surface area contributed by atoms with Crippen LogP contribution in [0.4, 0.5) is 0 Å². The van der Waals surface area contributed by atoms with Gasteiger partial charge in [-0.1, -0.05) is 60.1 Å². The van der Waals surface area contributed by atoms with Crippen molar-refractivity contribution in [3.05, 3.63) is 155 Å². The van der Waals surface area contributed by atoms with Crippen molar-refractivity contribution >= 4 is 17.4 Å². The molecule has 0 saturated carbocycles. The van der Waals surface area contributed by atoms with Crippen LogP contribution in [0, 0.1) is 11.3 Å². The van der Waals surface area contributed by atoms with Gasteiger partial charge in [0.2, 0.25) is 5.88 Å². The van der Waals surface area contributed by atoms with E-state index in [9.17, 15) is 5.26 Å². The van der Waals surface area contributed by atoms with E-state index in [4.69, 9.17) is 31.9 Å². The highest BCUT2D eigenvalue weighted by molar-refractivity contribution is 6.30. The molecule has 5 aromatic rings. The quantitative estimate of drug-likeness (QED) is 0.223. The molecule has 200 valence electrons. The Morgan fingerprint density at radius 3 is 2.22 bits per heavy atom. The third-order valence-corrected chi connectivity index (χ3v) is 7.09. The third-order valence-electron chi connectivity index (χ3n) is 6.84. The number of allylic oxidation sites excluding steroid dienone is 2. The fourth-order valence-electron chi connectivity index (χ4n) is 4.74. The number of ether oxygens (including phenoxy) is 2. The van der Waals surface area contributed by atoms with E-state index in [1.165, 1.54) is 0 Å². The monoisotopic (exact) mass is 556 g/mol. The molecule has 0 spiro atoms. The molecule has 1 atom stereocenters. The maximum Gasteiger partial charge on any atom is 0.205 e. The number of aromatic nitrogens is 2. The summed E-state index contributed by atoms with van der Waals surface area (Å²) in [6, 6.07) is 37.2. The van der Waals surface area contributed by atoms with Crippen molar-refractivity contribution in [1.29, 1.82) is 5.26 Å². The van der Waals surface area contributed by atoms with E-state index in [2.05, 4.69) is 6.07 Å². The first kappa shape index (κ1) is 26.0. The first-order valence-corrected chi connectivity index (χ1v) is 13.4. The van der Waals surface area contributed by atoms with Crippen LogP contribution in [-0.2, 0) is 11.3 Å². The number of hydrogen-bond donors (Lipinski definition) is 1. The molecule has 41 heavy (non-hydrogen) atoms. The van der Waals surface area contributed by atoms with Crippen LogP contribution in [0.1, 0.15) is 22.6 Å². The van der Waals surface area contributed by atoms with Gasteiger partial charge in [-0.15, -0.1) is 0 Å². The Morgan fingerprint density at radius 1 is 0.878 bits per heavy atom. The molecule has 2 heterocycles. The molecule has 6 rings (SSSR count). The van der Waals surface area contributed by atoms with E-state index in [-0.39, 0.29) is 5.88 Å². The summed E-state index contributed by atoms with van der Waals surface area (Å²) < 4.78 is 13.7. The van der Waals surface area contributed by atoms with E-state index in [1.54, 1.807) is 12.1 Å². The average molecular weight is 557 g/mol. The zero-order valence-corrected chi connectivity index (χ0v) is 22.7. The number of benzene rings is 4. The number of para-hydroxylation sites is 1. The van der Waals surface area contributed by atoms with Crippen LogP contribution in [0.5, 0.6) is 5.75 Å². The fourth-order valence-corrected chi connectivity index (χ4v) is 4.86. The van der Waals surface area contributed by atoms with Gasteiger partial charge in [0.05, 0.1) is 17.3 Å². The smallest absolute Gasteiger partial charge is 0.205 e. The highest BCUT2D eigenvalue weighted by Crippen LogP contribution is 2.40. The van der Waals surface area contributed by atoms with Crippen molar-refractivity contribution in [3.8, 4) is 28.8 Å². The van der Waals surface area contributed by atoms with E-state index >= 15 is 0 Å². The topological polar surface area (TPSA) is 86.1 Å². The van der Waals surface area contributed by atoms with Crippen molar-refractivity contribution < 1.29 is 9.47 Å². The Morgan fingerprint density at radius 2 is 1.54 bits per heavy atom. The minimum Gasteiger partial charge on any atom is -0.489 e. The molecule has 7 heteroatoms. The summed E-state index contributed by atoms with van der Waals surface area (Å²) in [4.78, 5) is 0. The maximum absolute atomic E-state index is 10.1. The molecule has 0 bridgehead atoms. The lowest BCUT2D eigenvalue weighted by molar-refractivity contribution is 0.306. The van der Waals surface area contributed by atoms with E-state index in [0.717, 1.165) is 39.4 Å². The lowest BCUT2D eigenvalue weighted by Gasteiger charge is -2.23. The van der Waals surface area contributed by atoms with Gasteiger partial charge in [0.15, 0.2) is 0 Å². The largest absolute Gasteiger partial charge is 0.489 e. The number of nitrogens with zero attached hydrogens (tertiary/aromatic N) is 3. The molecule has 1 aliphatic heterocycles. The van der Waals surface area contributed by atoms with Crippen LogP contribution < -0.4 is 10.5 Å². The Labute approximate surface area is 243 Å². The highest BCUT2D eigenvalue weighted by atomic mass is 35.5. The Kier molecular flexibility index (Phi) is 7.27. The van der Waals surface area contributed by atoms with Gasteiger partial charge in [-0.05, 0) is 72.3 Å². The lowest BCUT2D eigenvalue weighted by atomic mass is 9.88. The van der Waals surface area contributed by atoms with Crippen molar-refractivity contribution in [3.63, 3.8) is 0 Å². The summed E-state index contributed by atoms with van der Waals surface area (Å²) in [6.07, 6.45) is 3.85. The number of nitriles is 1. The van der Waals surface area contributed by atoms with Crippen LogP contribution in [0.3, 0.4) is 0 Å². The van der Waals surface area contributed by atoms with Crippen molar-refractivity contribution in [1.82, 2.24) is 9.78 Å². The zero-order chi connectivity index (χ0) is 28.2. The fraction of sp³-hybridized carbons (Fsp3) is 0.0588. The second-order valence-corrected chi connectivity index (χ2v) is 9.96. The van der Waals surface area contributed by atoms with Crippen LogP contribution in [0.25, 0.3) is 22.7 Å². The summed E-state index contributed by atoms with van der Waals surface area (Å²) in [5.41, 5.74) is 11.8. The molecule has 0 aliphatic carbocycles. The maximum atomic E-state index is 10.1. The summed E-state index contributed by atoms with van der Waals surface area (Å²) in [5.74, 6) is 0.875. The van der Waals surface area contributed by atoms with E-state index in [0.29, 0.717) is 23.0 Å². The van der Waals surface area contributed by atoms with E-state index in [1.807, 2.05) is 114 Å². The molecule has 2 N–H and O–H groups in total. The molecule has 0 amide bonds. The Balaban J connectivity index is 1.41. The minimum absolute atomic E-state index is 0.0630. The Bertz CT molecular complexity index is 1770. The van der Waals surface area contributed by atoms with Crippen LogP contribution in [0.2, 0.25) is 5.02 Å². The number of nitrogens with two attached hydrogens (primary N) is 1. The Hall–Kier alpha value is -5.25. The number of hydrogen-bond acceptors (Lipinski definition) is 5. The summed E-state index contributed by atoms with van der Waals surface area (Å²) in [7, 11) is 0. The predicted octanol–water partition coefficient (Wildman–Crippen LogP) is 7.62. The molecule has 1 aromatic heterocycles. The summed E-state index contributed by atoms with van der Waals surface area (Å²) in [6.45, 7) is 0.476. The van der Waals surface area contributed by atoms with Gasteiger partial charge in [-0.25, -0.2) is 4.68 Å². The molecule has 6 nitrogen and oxygen atoms in total. The van der Waals surface area contributed by atoms with Crippen LogP contribution in [0.15, 0.2) is 133 Å². The van der Waals surface area contributed by atoms with Gasteiger partial charge >= 0.3 is 0 Å². The third kappa shape index (κ3) is 5.58. The van der Waals surface area contributed by atoms with Gasteiger partial charge in [-0.3, -0.25) is 0 Å². The van der Waals surface area contributed by atoms with Crippen LogP contribution >= 0.6 is 11.6 Å². The molecule has 0 radical (unpaired) electrons. The number of halogens is 1.